The lowest BCUT2D eigenvalue weighted by Gasteiger charge is -2.10. The van der Waals surface area contributed by atoms with Crippen LogP contribution in [0.5, 0.6) is 23.0 Å². The van der Waals surface area contributed by atoms with Crippen molar-refractivity contribution in [1.82, 2.24) is 0 Å². The van der Waals surface area contributed by atoms with E-state index in [0.29, 0.717) is 19.0 Å². The highest BCUT2D eigenvalue weighted by molar-refractivity contribution is 5.38. The van der Waals surface area contributed by atoms with Gasteiger partial charge in [0, 0.05) is 19.4 Å². The van der Waals surface area contributed by atoms with Crippen molar-refractivity contribution in [2.24, 2.45) is 7.05 Å². The van der Waals surface area contributed by atoms with Crippen LogP contribution in [0.25, 0.3) is 0 Å². The average Bonchev–Trinajstić information content (AvgIpc) is 2.54. The van der Waals surface area contributed by atoms with E-state index in [2.05, 4.69) is 0 Å². The molecule has 1 heterocycles. The van der Waals surface area contributed by atoms with Crippen LogP contribution in [0.15, 0.2) is 36.5 Å². The van der Waals surface area contributed by atoms with Gasteiger partial charge in [-0.15, -0.1) is 0 Å². The highest BCUT2D eigenvalue weighted by Gasteiger charge is 2.14. The van der Waals surface area contributed by atoms with Crippen LogP contribution < -0.4 is 18.8 Å². The van der Waals surface area contributed by atoms with E-state index in [4.69, 9.17) is 14.2 Å². The van der Waals surface area contributed by atoms with Gasteiger partial charge >= 0.3 is 0 Å². The first-order valence-electron chi connectivity index (χ1n) is 7.19. The second-order valence-electron chi connectivity index (χ2n) is 4.95. The van der Waals surface area contributed by atoms with Crippen molar-refractivity contribution in [2.45, 2.75) is 13.3 Å². The van der Waals surface area contributed by atoms with Crippen molar-refractivity contribution >= 4 is 0 Å². The van der Waals surface area contributed by atoms with Gasteiger partial charge in [-0.25, -0.2) is 4.57 Å². The zero-order valence-corrected chi connectivity index (χ0v) is 13.2. The maximum atomic E-state index is 9.82. The molecule has 0 radical (unpaired) electrons. The molecular weight excluding hydrogens is 282 g/mol. The number of pyridine rings is 1. The molecule has 2 aromatic rings. The number of aromatic nitrogens is 1. The number of aryl methyl sites for hydroxylation is 1. The third kappa shape index (κ3) is 4.04. The topological polar surface area (TPSA) is 51.8 Å². The number of hydrogen-bond acceptors (Lipinski definition) is 4. The van der Waals surface area contributed by atoms with Crippen molar-refractivity contribution in [3.63, 3.8) is 0 Å². The number of benzene rings is 1. The Morgan fingerprint density at radius 1 is 1.00 bits per heavy atom. The quantitative estimate of drug-likeness (QED) is 0.630. The standard InChI is InChI=1S/C17H21NO4/c1-13-17(16(19)9-10-18(13)2)22-12-4-11-21-15-7-5-14(20-3)6-8-15/h5-10H,4,11-12H2,1-3H3/p+1. The Morgan fingerprint density at radius 2 is 1.64 bits per heavy atom. The molecule has 0 aliphatic heterocycles. The van der Waals surface area contributed by atoms with E-state index in [9.17, 15) is 5.11 Å². The van der Waals surface area contributed by atoms with Crippen LogP contribution in [0.2, 0.25) is 0 Å². The molecule has 1 aromatic carbocycles. The summed E-state index contributed by atoms with van der Waals surface area (Å²) in [6, 6.07) is 9.07. The van der Waals surface area contributed by atoms with Crippen molar-refractivity contribution in [3.8, 4) is 23.0 Å². The summed E-state index contributed by atoms with van der Waals surface area (Å²) in [5, 5.41) is 9.82. The molecule has 1 N–H and O–H groups in total. The Labute approximate surface area is 130 Å². The van der Waals surface area contributed by atoms with Crippen molar-refractivity contribution < 1.29 is 23.9 Å². The minimum Gasteiger partial charge on any atom is -0.504 e. The summed E-state index contributed by atoms with van der Waals surface area (Å²) in [4.78, 5) is 0. The second-order valence-corrected chi connectivity index (χ2v) is 4.95. The second kappa shape index (κ2) is 7.54. The molecule has 0 aliphatic rings. The average molecular weight is 304 g/mol. The fourth-order valence-electron chi connectivity index (χ4n) is 1.99. The molecule has 0 spiro atoms. The monoisotopic (exact) mass is 304 g/mol. The number of ether oxygens (including phenoxy) is 3. The molecule has 5 heteroatoms. The predicted molar refractivity (Wildman–Crippen MR) is 82.6 cm³/mol. The highest BCUT2D eigenvalue weighted by atomic mass is 16.5. The Kier molecular flexibility index (Phi) is 5.47. The SMILES string of the molecule is COc1ccc(OCCCOc2c(O)cc[n+](C)c2C)cc1. The van der Waals surface area contributed by atoms with Gasteiger partial charge in [-0.1, -0.05) is 0 Å². The van der Waals surface area contributed by atoms with Crippen molar-refractivity contribution in [1.29, 1.82) is 0 Å². The van der Waals surface area contributed by atoms with E-state index < -0.39 is 0 Å². The molecule has 0 saturated heterocycles. The highest BCUT2D eigenvalue weighted by Crippen LogP contribution is 2.26. The fourth-order valence-corrected chi connectivity index (χ4v) is 1.99. The number of methoxy groups -OCH3 is 1. The third-order valence-corrected chi connectivity index (χ3v) is 3.41. The molecule has 0 unspecified atom stereocenters. The molecule has 0 atom stereocenters. The molecule has 1 aromatic heterocycles. The molecule has 5 nitrogen and oxygen atoms in total. The Morgan fingerprint density at radius 3 is 2.32 bits per heavy atom. The van der Waals surface area contributed by atoms with Gasteiger partial charge in [0.2, 0.25) is 11.4 Å². The molecule has 2 rings (SSSR count). The van der Waals surface area contributed by atoms with Gasteiger partial charge in [0.1, 0.15) is 18.5 Å². The first-order chi connectivity index (χ1) is 10.6. The van der Waals surface area contributed by atoms with Crippen LogP contribution in [0.4, 0.5) is 0 Å². The van der Waals surface area contributed by atoms with Crippen LogP contribution in [-0.2, 0) is 7.05 Å². The lowest BCUT2D eigenvalue weighted by molar-refractivity contribution is -0.678. The first kappa shape index (κ1) is 15.9. The summed E-state index contributed by atoms with van der Waals surface area (Å²) >= 11 is 0. The molecule has 0 bridgehead atoms. The molecule has 22 heavy (non-hydrogen) atoms. The molecule has 0 aliphatic carbocycles. The van der Waals surface area contributed by atoms with E-state index in [1.165, 1.54) is 0 Å². The van der Waals surface area contributed by atoms with Gasteiger partial charge in [0.15, 0.2) is 11.9 Å². The minimum absolute atomic E-state index is 0.159. The largest absolute Gasteiger partial charge is 0.504 e. The maximum Gasteiger partial charge on any atom is 0.228 e. The summed E-state index contributed by atoms with van der Waals surface area (Å²) in [7, 11) is 3.54. The smallest absolute Gasteiger partial charge is 0.228 e. The summed E-state index contributed by atoms with van der Waals surface area (Å²) in [6.45, 7) is 2.93. The van der Waals surface area contributed by atoms with E-state index >= 15 is 0 Å². The third-order valence-electron chi connectivity index (χ3n) is 3.41. The van der Waals surface area contributed by atoms with Gasteiger partial charge in [-0.2, -0.15) is 0 Å². The first-order valence-corrected chi connectivity index (χ1v) is 7.19. The normalized spacial score (nSPS) is 10.3. The van der Waals surface area contributed by atoms with E-state index in [1.807, 2.05) is 42.8 Å². The molecular formula is C17H22NO4+. The Balaban J connectivity index is 1.76. The lowest BCUT2D eigenvalue weighted by Crippen LogP contribution is -2.31. The summed E-state index contributed by atoms with van der Waals surface area (Å²) in [5.41, 5.74) is 0.885. The van der Waals surface area contributed by atoms with Gasteiger partial charge < -0.3 is 19.3 Å². The summed E-state index contributed by atoms with van der Waals surface area (Å²) < 4.78 is 18.3. The number of hydrogen-bond donors (Lipinski definition) is 1. The zero-order chi connectivity index (χ0) is 15.9. The van der Waals surface area contributed by atoms with E-state index in [-0.39, 0.29) is 5.75 Å². The number of aromatic hydroxyl groups is 1. The predicted octanol–water partition coefficient (Wildman–Crippen LogP) is 2.38. The van der Waals surface area contributed by atoms with E-state index in [1.54, 1.807) is 19.4 Å². The van der Waals surface area contributed by atoms with Crippen LogP contribution in [-0.4, -0.2) is 25.4 Å². The maximum absolute atomic E-state index is 9.82. The van der Waals surface area contributed by atoms with E-state index in [0.717, 1.165) is 23.6 Å². The van der Waals surface area contributed by atoms with Gasteiger partial charge in [0.25, 0.3) is 0 Å². The van der Waals surface area contributed by atoms with Crippen LogP contribution >= 0.6 is 0 Å². The van der Waals surface area contributed by atoms with Crippen molar-refractivity contribution in [3.05, 3.63) is 42.2 Å². The van der Waals surface area contributed by atoms with Crippen LogP contribution in [0.3, 0.4) is 0 Å². The molecule has 0 saturated carbocycles. The van der Waals surface area contributed by atoms with Crippen LogP contribution in [0, 0.1) is 6.92 Å². The molecule has 0 amide bonds. The Bertz CT molecular complexity index is 611. The van der Waals surface area contributed by atoms with Gasteiger partial charge in [0.05, 0.1) is 20.3 Å². The zero-order valence-electron chi connectivity index (χ0n) is 13.2. The molecule has 0 fully saturated rings. The number of rotatable bonds is 7. The molecule has 118 valence electrons. The number of nitrogens with zero attached hydrogens (tertiary/aromatic N) is 1. The van der Waals surface area contributed by atoms with Crippen LogP contribution in [0.1, 0.15) is 12.1 Å². The van der Waals surface area contributed by atoms with Gasteiger partial charge in [-0.3, -0.25) is 0 Å². The minimum atomic E-state index is 0.159. The Hall–Kier alpha value is -2.43. The summed E-state index contributed by atoms with van der Waals surface area (Å²) in [6.07, 6.45) is 2.52. The lowest BCUT2D eigenvalue weighted by atomic mass is 10.3. The van der Waals surface area contributed by atoms with Crippen molar-refractivity contribution in [2.75, 3.05) is 20.3 Å². The fraction of sp³-hybridized carbons (Fsp3) is 0.353. The summed E-state index contributed by atoms with van der Waals surface area (Å²) in [5.74, 6) is 2.28. The van der Waals surface area contributed by atoms with Gasteiger partial charge in [-0.05, 0) is 24.3 Å².